The van der Waals surface area contributed by atoms with Crippen LogP contribution in [0.4, 0.5) is 8.78 Å². The van der Waals surface area contributed by atoms with Crippen LogP contribution in [0, 0.1) is 11.6 Å². The van der Waals surface area contributed by atoms with Crippen LogP contribution in [0.1, 0.15) is 32.3 Å². The summed E-state index contributed by atoms with van der Waals surface area (Å²) >= 11 is 0. The second-order valence-electron chi connectivity index (χ2n) is 5.89. The topological polar surface area (TPSA) is 35.2 Å². The molecule has 0 radical (unpaired) electrons. The lowest BCUT2D eigenvalue weighted by molar-refractivity contribution is -0.0670. The van der Waals surface area contributed by atoms with Crippen LogP contribution in [0.15, 0.2) is 18.2 Å². The second kappa shape index (κ2) is 4.59. The van der Waals surface area contributed by atoms with Crippen molar-refractivity contribution in [1.82, 2.24) is 0 Å². The van der Waals surface area contributed by atoms with Gasteiger partial charge in [-0.3, -0.25) is 0 Å². The minimum atomic E-state index is -0.812. The first-order valence-electron chi connectivity index (χ1n) is 6.15. The van der Waals surface area contributed by atoms with E-state index in [1.54, 1.807) is 6.07 Å². The number of hydrogen-bond acceptors (Lipinski definition) is 2. The molecule has 1 heterocycles. The minimum absolute atomic E-state index is 0.203. The first-order valence-corrected chi connectivity index (χ1v) is 6.15. The summed E-state index contributed by atoms with van der Waals surface area (Å²) in [6.45, 7) is 5.03. The van der Waals surface area contributed by atoms with Crippen LogP contribution < -0.4 is 5.73 Å². The summed E-state index contributed by atoms with van der Waals surface area (Å²) in [4.78, 5) is 0. The Morgan fingerprint density at radius 3 is 2.39 bits per heavy atom. The largest absolute Gasteiger partial charge is 0.379 e. The Kier molecular flexibility index (Phi) is 3.43. The fourth-order valence-corrected chi connectivity index (χ4v) is 2.19. The lowest BCUT2D eigenvalue weighted by Gasteiger charge is -2.43. The van der Waals surface area contributed by atoms with Crippen LogP contribution in [-0.4, -0.2) is 18.8 Å². The Hall–Kier alpha value is -1.00. The smallest absolute Gasteiger partial charge is 0.159 e. The van der Waals surface area contributed by atoms with E-state index in [1.807, 2.05) is 13.8 Å². The van der Waals surface area contributed by atoms with Crippen LogP contribution in [-0.2, 0) is 10.2 Å². The third kappa shape index (κ3) is 2.70. The molecule has 100 valence electrons. The molecule has 1 aliphatic heterocycles. The summed E-state index contributed by atoms with van der Waals surface area (Å²) in [7, 11) is 0. The fraction of sp³-hybridized carbons (Fsp3) is 0.571. The van der Waals surface area contributed by atoms with E-state index in [0.29, 0.717) is 13.2 Å². The maximum absolute atomic E-state index is 13.3. The van der Waals surface area contributed by atoms with Gasteiger partial charge < -0.3 is 10.5 Å². The molecule has 1 aromatic rings. The van der Waals surface area contributed by atoms with E-state index in [0.717, 1.165) is 18.4 Å². The first-order chi connectivity index (χ1) is 8.32. The molecule has 18 heavy (non-hydrogen) atoms. The van der Waals surface area contributed by atoms with Crippen LogP contribution in [0.5, 0.6) is 0 Å². The molecule has 0 aliphatic carbocycles. The highest BCUT2D eigenvalue weighted by Crippen LogP contribution is 2.38. The van der Waals surface area contributed by atoms with Gasteiger partial charge in [0.25, 0.3) is 0 Å². The van der Waals surface area contributed by atoms with E-state index in [-0.39, 0.29) is 11.0 Å². The van der Waals surface area contributed by atoms with Crippen molar-refractivity contribution in [2.45, 2.75) is 37.6 Å². The second-order valence-corrected chi connectivity index (χ2v) is 5.89. The Morgan fingerprint density at radius 1 is 1.28 bits per heavy atom. The van der Waals surface area contributed by atoms with E-state index in [1.165, 1.54) is 12.1 Å². The molecule has 0 bridgehead atoms. The summed E-state index contributed by atoms with van der Waals surface area (Å²) in [5.41, 5.74) is 6.32. The van der Waals surface area contributed by atoms with E-state index < -0.39 is 11.6 Å². The highest BCUT2D eigenvalue weighted by Gasteiger charge is 2.41. The lowest BCUT2D eigenvalue weighted by atomic mass is 9.73. The highest BCUT2D eigenvalue weighted by molar-refractivity contribution is 5.29. The zero-order valence-corrected chi connectivity index (χ0v) is 10.8. The molecule has 0 atom stereocenters. The van der Waals surface area contributed by atoms with Crippen LogP contribution >= 0.6 is 0 Å². The van der Waals surface area contributed by atoms with Gasteiger partial charge in [-0.25, -0.2) is 8.78 Å². The standard InChI is InChI=1S/C14H19F2NO/c1-13(2,17)5-6-14(8-18-9-14)10-3-4-11(15)12(16)7-10/h3-4,7H,5-6,8-9,17H2,1-2H3. The normalized spacial score (nSPS) is 18.5. The van der Waals surface area contributed by atoms with Gasteiger partial charge >= 0.3 is 0 Å². The van der Waals surface area contributed by atoms with Gasteiger partial charge in [-0.15, -0.1) is 0 Å². The Morgan fingerprint density at radius 2 is 1.94 bits per heavy atom. The van der Waals surface area contributed by atoms with Gasteiger partial charge in [0.15, 0.2) is 11.6 Å². The predicted molar refractivity (Wildman–Crippen MR) is 66.4 cm³/mol. The number of rotatable bonds is 4. The van der Waals surface area contributed by atoms with Crippen molar-refractivity contribution < 1.29 is 13.5 Å². The average molecular weight is 255 g/mol. The quantitative estimate of drug-likeness (QED) is 0.898. The van der Waals surface area contributed by atoms with E-state index in [9.17, 15) is 8.78 Å². The number of nitrogens with two attached hydrogens (primary N) is 1. The molecule has 2 rings (SSSR count). The van der Waals surface area contributed by atoms with E-state index >= 15 is 0 Å². The molecule has 2 nitrogen and oxygen atoms in total. The molecule has 0 unspecified atom stereocenters. The predicted octanol–water partition coefficient (Wildman–Crippen LogP) is 2.75. The van der Waals surface area contributed by atoms with Crippen molar-refractivity contribution in [2.24, 2.45) is 5.73 Å². The molecular formula is C14H19F2NO. The first kappa shape index (κ1) is 13.4. The number of halogens is 2. The molecule has 2 N–H and O–H groups in total. The monoisotopic (exact) mass is 255 g/mol. The molecule has 4 heteroatoms. The zero-order valence-electron chi connectivity index (χ0n) is 10.8. The van der Waals surface area contributed by atoms with Gasteiger partial charge in [0, 0.05) is 11.0 Å². The minimum Gasteiger partial charge on any atom is -0.379 e. The SMILES string of the molecule is CC(C)(N)CCC1(c2ccc(F)c(F)c2)COC1. The Balaban J connectivity index is 2.19. The van der Waals surface area contributed by atoms with Crippen LogP contribution in [0.2, 0.25) is 0 Å². The average Bonchev–Trinajstić information content (AvgIpc) is 2.20. The van der Waals surface area contributed by atoms with E-state index in [4.69, 9.17) is 10.5 Å². The summed E-state index contributed by atoms with van der Waals surface area (Å²) < 4.78 is 31.5. The number of ether oxygens (including phenoxy) is 1. The number of hydrogen-bond donors (Lipinski definition) is 1. The molecule has 1 saturated heterocycles. The van der Waals surface area contributed by atoms with Gasteiger partial charge in [-0.1, -0.05) is 6.07 Å². The molecule has 0 amide bonds. The third-order valence-electron chi connectivity index (χ3n) is 3.54. The third-order valence-corrected chi connectivity index (χ3v) is 3.54. The van der Waals surface area contributed by atoms with Gasteiger partial charge in [-0.05, 0) is 44.4 Å². The van der Waals surface area contributed by atoms with Crippen molar-refractivity contribution in [1.29, 1.82) is 0 Å². The van der Waals surface area contributed by atoms with Crippen molar-refractivity contribution in [3.63, 3.8) is 0 Å². The van der Waals surface area contributed by atoms with Crippen molar-refractivity contribution in [2.75, 3.05) is 13.2 Å². The van der Waals surface area contributed by atoms with Crippen molar-refractivity contribution in [3.8, 4) is 0 Å². The van der Waals surface area contributed by atoms with Gasteiger partial charge in [0.2, 0.25) is 0 Å². The lowest BCUT2D eigenvalue weighted by Crippen LogP contribution is -2.48. The molecule has 0 saturated carbocycles. The zero-order chi connectivity index (χ0) is 13.4. The Bertz CT molecular complexity index is 436. The fourth-order valence-electron chi connectivity index (χ4n) is 2.19. The molecule has 1 aliphatic rings. The molecule has 0 spiro atoms. The molecule has 1 fully saturated rings. The molecular weight excluding hydrogens is 236 g/mol. The maximum Gasteiger partial charge on any atom is 0.159 e. The number of benzene rings is 1. The molecule has 0 aromatic heterocycles. The van der Waals surface area contributed by atoms with E-state index in [2.05, 4.69) is 0 Å². The molecule has 1 aromatic carbocycles. The Labute approximate surface area is 106 Å². The van der Waals surface area contributed by atoms with Gasteiger partial charge in [0.1, 0.15) is 0 Å². The summed E-state index contributed by atoms with van der Waals surface area (Å²) in [6, 6.07) is 4.10. The van der Waals surface area contributed by atoms with Crippen LogP contribution in [0.25, 0.3) is 0 Å². The highest BCUT2D eigenvalue weighted by atomic mass is 19.2. The maximum atomic E-state index is 13.3. The van der Waals surface area contributed by atoms with Gasteiger partial charge in [-0.2, -0.15) is 0 Å². The summed E-state index contributed by atoms with van der Waals surface area (Å²) in [6.07, 6.45) is 1.64. The van der Waals surface area contributed by atoms with Crippen molar-refractivity contribution in [3.05, 3.63) is 35.4 Å². The van der Waals surface area contributed by atoms with Gasteiger partial charge in [0.05, 0.1) is 13.2 Å². The van der Waals surface area contributed by atoms with Crippen LogP contribution in [0.3, 0.4) is 0 Å². The summed E-state index contributed by atoms with van der Waals surface area (Å²) in [5, 5.41) is 0. The van der Waals surface area contributed by atoms with Crippen molar-refractivity contribution >= 4 is 0 Å². The summed E-state index contributed by atoms with van der Waals surface area (Å²) in [5.74, 6) is -1.61.